The molecule has 0 aliphatic carbocycles. The molecule has 1 rings (SSSR count). The number of hydrogen-bond donors (Lipinski definition) is 2. The Labute approximate surface area is 58.4 Å². The highest BCUT2D eigenvalue weighted by atomic mass is 16.5. The van der Waals surface area contributed by atoms with Crippen molar-refractivity contribution in [1.82, 2.24) is 0 Å². The number of carboxylic acids is 1. The monoisotopic (exact) mass is 146 g/mol. The smallest absolute Gasteiger partial charge is 0.332 e. The van der Waals surface area contributed by atoms with Crippen LogP contribution in [0.1, 0.15) is 13.3 Å². The van der Waals surface area contributed by atoms with Gasteiger partial charge in [0.05, 0.1) is 12.2 Å². The van der Waals surface area contributed by atoms with Crippen LogP contribution in [-0.4, -0.2) is 34.5 Å². The highest BCUT2D eigenvalue weighted by Crippen LogP contribution is 2.19. The Hall–Kier alpha value is -0.610. The van der Waals surface area contributed by atoms with Crippen LogP contribution in [0.15, 0.2) is 0 Å². The lowest BCUT2D eigenvalue weighted by Gasteiger charge is -2.04. The normalized spacial score (nSPS) is 40.0. The average Bonchev–Trinajstić information content (AvgIpc) is 2.13. The summed E-state index contributed by atoms with van der Waals surface area (Å²) in [6.07, 6.45) is -1.58. The summed E-state index contributed by atoms with van der Waals surface area (Å²) < 4.78 is 4.89. The molecule has 1 fully saturated rings. The van der Waals surface area contributed by atoms with Gasteiger partial charge in [0.1, 0.15) is 0 Å². The largest absolute Gasteiger partial charge is 0.479 e. The number of carboxylic acid groups (broad SMARTS) is 1. The number of aliphatic hydroxyl groups excluding tert-OH is 1. The van der Waals surface area contributed by atoms with Gasteiger partial charge in [0.15, 0.2) is 6.10 Å². The molecule has 1 heterocycles. The van der Waals surface area contributed by atoms with E-state index in [0.29, 0.717) is 0 Å². The lowest BCUT2D eigenvalue weighted by molar-refractivity contribution is -0.149. The van der Waals surface area contributed by atoms with E-state index < -0.39 is 18.2 Å². The standard InChI is InChI=1S/C6H10O4/c1-3-4(7)2-5(10-3)6(8)9/h3-5,7H,2H2,1H3,(H,8,9)/t3?,4-,5-/m1/s1. The van der Waals surface area contributed by atoms with Gasteiger partial charge in [0, 0.05) is 6.42 Å². The summed E-state index contributed by atoms with van der Waals surface area (Å²) in [5, 5.41) is 17.4. The third kappa shape index (κ3) is 1.27. The molecular weight excluding hydrogens is 136 g/mol. The lowest BCUT2D eigenvalue weighted by Crippen LogP contribution is -2.19. The first-order valence-electron chi connectivity index (χ1n) is 3.17. The molecule has 0 aromatic carbocycles. The Morgan fingerprint density at radius 2 is 2.30 bits per heavy atom. The summed E-state index contributed by atoms with van der Waals surface area (Å²) in [4.78, 5) is 10.3. The average molecular weight is 146 g/mol. The molecule has 0 amide bonds. The third-order valence-electron chi connectivity index (χ3n) is 1.65. The van der Waals surface area contributed by atoms with E-state index in [1.165, 1.54) is 0 Å². The predicted octanol–water partition coefficient (Wildman–Crippen LogP) is -0.391. The van der Waals surface area contributed by atoms with Gasteiger partial charge < -0.3 is 14.9 Å². The molecule has 10 heavy (non-hydrogen) atoms. The van der Waals surface area contributed by atoms with Crippen molar-refractivity contribution in [3.8, 4) is 0 Å². The minimum absolute atomic E-state index is 0.205. The fourth-order valence-electron chi connectivity index (χ4n) is 0.975. The van der Waals surface area contributed by atoms with Gasteiger partial charge in [-0.3, -0.25) is 0 Å². The van der Waals surface area contributed by atoms with Gasteiger partial charge in [0.2, 0.25) is 0 Å². The van der Waals surface area contributed by atoms with Gasteiger partial charge in [-0.05, 0) is 6.92 Å². The van der Waals surface area contributed by atoms with Crippen molar-refractivity contribution in [2.24, 2.45) is 0 Å². The van der Waals surface area contributed by atoms with E-state index in [1.807, 2.05) is 0 Å². The summed E-state index contributed by atoms with van der Waals surface area (Å²) >= 11 is 0. The zero-order valence-corrected chi connectivity index (χ0v) is 5.65. The van der Waals surface area contributed by atoms with Crippen molar-refractivity contribution >= 4 is 5.97 Å². The van der Waals surface area contributed by atoms with Gasteiger partial charge in [-0.25, -0.2) is 4.79 Å². The molecule has 2 N–H and O–H groups in total. The summed E-state index contributed by atoms with van der Waals surface area (Å²) in [6.45, 7) is 1.66. The number of rotatable bonds is 1. The number of ether oxygens (including phenoxy) is 1. The van der Waals surface area contributed by atoms with Crippen LogP contribution >= 0.6 is 0 Å². The number of hydrogen-bond acceptors (Lipinski definition) is 3. The van der Waals surface area contributed by atoms with E-state index >= 15 is 0 Å². The van der Waals surface area contributed by atoms with Crippen molar-refractivity contribution in [2.75, 3.05) is 0 Å². The van der Waals surface area contributed by atoms with Gasteiger partial charge in [0.25, 0.3) is 0 Å². The fraction of sp³-hybridized carbons (Fsp3) is 0.833. The van der Waals surface area contributed by atoms with E-state index in [0.717, 1.165) is 0 Å². The van der Waals surface area contributed by atoms with E-state index in [4.69, 9.17) is 14.9 Å². The van der Waals surface area contributed by atoms with Crippen LogP contribution in [0.4, 0.5) is 0 Å². The highest BCUT2D eigenvalue weighted by molar-refractivity contribution is 5.72. The van der Waals surface area contributed by atoms with Gasteiger partial charge in [-0.1, -0.05) is 0 Å². The molecular formula is C6H10O4. The van der Waals surface area contributed by atoms with E-state index in [1.54, 1.807) is 6.92 Å². The van der Waals surface area contributed by atoms with Crippen LogP contribution in [0.25, 0.3) is 0 Å². The van der Waals surface area contributed by atoms with Crippen LogP contribution in [0.5, 0.6) is 0 Å². The first-order valence-corrected chi connectivity index (χ1v) is 3.17. The molecule has 0 saturated carbocycles. The fourth-order valence-corrected chi connectivity index (χ4v) is 0.975. The lowest BCUT2D eigenvalue weighted by atomic mass is 10.1. The quantitative estimate of drug-likeness (QED) is 0.528. The minimum atomic E-state index is -0.997. The maximum absolute atomic E-state index is 10.3. The van der Waals surface area contributed by atoms with Crippen LogP contribution in [0.2, 0.25) is 0 Å². The first-order chi connectivity index (χ1) is 4.61. The highest BCUT2D eigenvalue weighted by Gasteiger charge is 2.34. The van der Waals surface area contributed by atoms with Crippen LogP contribution in [-0.2, 0) is 9.53 Å². The van der Waals surface area contributed by atoms with Crippen LogP contribution in [0, 0.1) is 0 Å². The molecule has 1 saturated heterocycles. The maximum Gasteiger partial charge on any atom is 0.332 e. The van der Waals surface area contributed by atoms with Gasteiger partial charge in [-0.15, -0.1) is 0 Å². The Morgan fingerprint density at radius 3 is 2.50 bits per heavy atom. The summed E-state index contributed by atoms with van der Waals surface area (Å²) in [7, 11) is 0. The number of aliphatic carboxylic acids is 1. The van der Waals surface area contributed by atoms with Crippen LogP contribution in [0.3, 0.4) is 0 Å². The molecule has 1 aliphatic rings. The summed E-state index contributed by atoms with van der Waals surface area (Å²) in [6, 6.07) is 0. The van der Waals surface area contributed by atoms with E-state index in [9.17, 15) is 4.79 Å². The van der Waals surface area contributed by atoms with Gasteiger partial charge >= 0.3 is 5.97 Å². The second-order valence-electron chi connectivity index (χ2n) is 2.47. The van der Waals surface area contributed by atoms with Crippen LogP contribution < -0.4 is 0 Å². The Balaban J connectivity index is 2.49. The molecule has 1 aliphatic heterocycles. The van der Waals surface area contributed by atoms with Crippen molar-refractivity contribution in [3.63, 3.8) is 0 Å². The minimum Gasteiger partial charge on any atom is -0.479 e. The van der Waals surface area contributed by atoms with E-state index in [-0.39, 0.29) is 12.5 Å². The number of carbonyl (C=O) groups is 1. The Morgan fingerprint density at radius 1 is 1.70 bits per heavy atom. The Kier molecular flexibility index (Phi) is 1.92. The predicted molar refractivity (Wildman–Crippen MR) is 32.6 cm³/mol. The zero-order valence-electron chi connectivity index (χ0n) is 5.65. The molecule has 58 valence electrons. The summed E-state index contributed by atoms with van der Waals surface area (Å²) in [5.74, 6) is -0.997. The molecule has 4 nitrogen and oxygen atoms in total. The van der Waals surface area contributed by atoms with Crippen molar-refractivity contribution in [2.45, 2.75) is 31.7 Å². The second kappa shape index (κ2) is 2.56. The SMILES string of the molecule is CC1O[C@@H](C(=O)O)C[C@H]1O. The van der Waals surface area contributed by atoms with E-state index in [2.05, 4.69) is 0 Å². The molecule has 1 unspecified atom stereocenters. The molecule has 0 radical (unpaired) electrons. The molecule has 0 bridgehead atoms. The molecule has 4 heteroatoms. The Bertz CT molecular complexity index is 135. The summed E-state index contributed by atoms with van der Waals surface area (Å²) in [5.41, 5.74) is 0. The molecule has 3 atom stereocenters. The second-order valence-corrected chi connectivity index (χ2v) is 2.47. The zero-order chi connectivity index (χ0) is 7.72. The van der Waals surface area contributed by atoms with Crippen molar-refractivity contribution in [3.05, 3.63) is 0 Å². The van der Waals surface area contributed by atoms with Crippen molar-refractivity contribution < 1.29 is 19.7 Å². The molecule has 0 aromatic rings. The number of aliphatic hydroxyl groups is 1. The molecule has 0 spiro atoms. The topological polar surface area (TPSA) is 66.8 Å². The first kappa shape index (κ1) is 7.50. The van der Waals surface area contributed by atoms with Gasteiger partial charge in [-0.2, -0.15) is 0 Å². The maximum atomic E-state index is 10.3. The van der Waals surface area contributed by atoms with Crippen molar-refractivity contribution in [1.29, 1.82) is 0 Å². The molecule has 0 aromatic heterocycles. The third-order valence-corrected chi connectivity index (χ3v) is 1.65.